The number of carbonyl (C=O) groups is 1. The third-order valence-electron chi connectivity index (χ3n) is 1.65. The van der Waals surface area contributed by atoms with Gasteiger partial charge in [0.1, 0.15) is 5.69 Å². The quantitative estimate of drug-likeness (QED) is 0.725. The van der Waals surface area contributed by atoms with Gasteiger partial charge in [-0.3, -0.25) is 0 Å². The van der Waals surface area contributed by atoms with E-state index in [4.69, 9.17) is 0 Å². The van der Waals surface area contributed by atoms with Crippen LogP contribution in [-0.4, -0.2) is 10.5 Å². The highest BCUT2D eigenvalue weighted by molar-refractivity contribution is 14.1. The summed E-state index contributed by atoms with van der Waals surface area (Å²) in [7, 11) is 1.83. The van der Waals surface area contributed by atoms with Crippen molar-refractivity contribution in [1.82, 2.24) is 4.57 Å². The maximum atomic E-state index is 11.0. The minimum atomic E-state index is -0.304. The summed E-state index contributed by atoms with van der Waals surface area (Å²) in [5.41, 5.74) is 1.62. The maximum Gasteiger partial charge on any atom is 0.364 e. The Balaban J connectivity index is 3.04. The highest BCUT2D eigenvalue weighted by Crippen LogP contribution is 2.08. The summed E-state index contributed by atoms with van der Waals surface area (Å²) >= 11 is 1.58. The van der Waals surface area contributed by atoms with E-state index in [0.717, 1.165) is 5.69 Å². The van der Waals surface area contributed by atoms with Crippen LogP contribution in [0, 0.1) is 6.92 Å². The van der Waals surface area contributed by atoms with Crippen molar-refractivity contribution < 1.29 is 7.86 Å². The fourth-order valence-electron chi connectivity index (χ4n) is 0.858. The molecule has 1 rings (SSSR count). The number of halogens is 1. The topological polar surface area (TPSA) is 31.2 Å². The van der Waals surface area contributed by atoms with Crippen molar-refractivity contribution in [3.63, 3.8) is 0 Å². The van der Waals surface area contributed by atoms with Gasteiger partial charge in [-0.15, -0.1) is 0 Å². The molecule has 0 spiro atoms. The van der Waals surface area contributed by atoms with Gasteiger partial charge in [0.15, 0.2) is 23.0 Å². The molecule has 0 atom stereocenters. The zero-order chi connectivity index (χ0) is 8.43. The van der Waals surface area contributed by atoms with E-state index in [1.165, 1.54) is 0 Å². The molecule has 0 aliphatic heterocycles. The average molecular weight is 265 g/mol. The number of carbonyl (C=O) groups excluding carboxylic acids is 1. The van der Waals surface area contributed by atoms with Crippen LogP contribution in [0.15, 0.2) is 12.1 Å². The SMILES string of the molecule is Cc1ccc(C(=O)OI)n1C. The molecular formula is C7H8INO2. The largest absolute Gasteiger partial charge is 0.390 e. The van der Waals surface area contributed by atoms with Gasteiger partial charge in [0.25, 0.3) is 0 Å². The molecule has 0 aromatic carbocycles. The van der Waals surface area contributed by atoms with E-state index in [0.29, 0.717) is 5.69 Å². The van der Waals surface area contributed by atoms with Gasteiger partial charge in [-0.1, -0.05) is 0 Å². The van der Waals surface area contributed by atoms with E-state index < -0.39 is 0 Å². The van der Waals surface area contributed by atoms with E-state index in [9.17, 15) is 4.79 Å². The molecule has 0 amide bonds. The van der Waals surface area contributed by atoms with Crippen LogP contribution in [0.4, 0.5) is 0 Å². The molecule has 11 heavy (non-hydrogen) atoms. The first-order valence-electron chi connectivity index (χ1n) is 3.12. The summed E-state index contributed by atoms with van der Waals surface area (Å²) in [6, 6.07) is 3.62. The van der Waals surface area contributed by atoms with Gasteiger partial charge in [-0.05, 0) is 19.1 Å². The van der Waals surface area contributed by atoms with Gasteiger partial charge in [-0.2, -0.15) is 0 Å². The smallest absolute Gasteiger partial charge is 0.364 e. The second-order valence-corrected chi connectivity index (χ2v) is 2.72. The number of aryl methyl sites for hydroxylation is 1. The number of rotatable bonds is 1. The van der Waals surface area contributed by atoms with Crippen molar-refractivity contribution in [2.75, 3.05) is 0 Å². The van der Waals surface area contributed by atoms with Crippen LogP contribution in [0.2, 0.25) is 0 Å². The summed E-state index contributed by atoms with van der Waals surface area (Å²) in [6.45, 7) is 1.93. The summed E-state index contributed by atoms with van der Waals surface area (Å²) in [5.74, 6) is -0.304. The average Bonchev–Trinajstić information content (AvgIpc) is 2.32. The lowest BCUT2D eigenvalue weighted by molar-refractivity contribution is 0.0790. The Labute approximate surface area is 79.0 Å². The molecule has 0 bridgehead atoms. The van der Waals surface area contributed by atoms with Gasteiger partial charge in [0.2, 0.25) is 0 Å². The second kappa shape index (κ2) is 3.25. The lowest BCUT2D eigenvalue weighted by Crippen LogP contribution is -2.05. The zero-order valence-electron chi connectivity index (χ0n) is 6.30. The van der Waals surface area contributed by atoms with Gasteiger partial charge in [0.05, 0.1) is 0 Å². The van der Waals surface area contributed by atoms with Gasteiger partial charge < -0.3 is 7.63 Å². The lowest BCUT2D eigenvalue weighted by atomic mass is 10.4. The van der Waals surface area contributed by atoms with Crippen molar-refractivity contribution in [3.05, 3.63) is 23.5 Å². The molecule has 0 fully saturated rings. The standard InChI is InChI=1S/C7H8INO2/c1-5-3-4-6(9(5)2)7(10)11-8/h3-4H,1-2H3. The Morgan fingerprint density at radius 2 is 2.27 bits per heavy atom. The van der Waals surface area contributed by atoms with E-state index >= 15 is 0 Å². The maximum absolute atomic E-state index is 11.0. The van der Waals surface area contributed by atoms with Crippen LogP contribution in [0.1, 0.15) is 16.2 Å². The normalized spacial score (nSPS) is 9.73. The highest BCUT2D eigenvalue weighted by Gasteiger charge is 2.10. The number of aromatic nitrogens is 1. The molecule has 0 unspecified atom stereocenters. The lowest BCUT2D eigenvalue weighted by Gasteiger charge is -2.00. The van der Waals surface area contributed by atoms with E-state index in [1.54, 1.807) is 33.6 Å². The van der Waals surface area contributed by atoms with Gasteiger partial charge in [-0.25, -0.2) is 4.79 Å². The molecule has 0 aliphatic carbocycles. The van der Waals surface area contributed by atoms with E-state index in [2.05, 4.69) is 3.07 Å². The Hall–Kier alpha value is -0.520. The molecule has 0 saturated heterocycles. The van der Waals surface area contributed by atoms with Gasteiger partial charge in [0, 0.05) is 12.7 Å². The van der Waals surface area contributed by atoms with Crippen LogP contribution in [-0.2, 0) is 10.1 Å². The molecule has 4 heteroatoms. The van der Waals surface area contributed by atoms with Crippen molar-refractivity contribution in [3.8, 4) is 0 Å². The molecule has 1 aromatic rings. The molecular weight excluding hydrogens is 257 g/mol. The van der Waals surface area contributed by atoms with Crippen molar-refractivity contribution in [2.45, 2.75) is 6.92 Å². The van der Waals surface area contributed by atoms with Crippen LogP contribution in [0.25, 0.3) is 0 Å². The Morgan fingerprint density at radius 3 is 2.64 bits per heavy atom. The van der Waals surface area contributed by atoms with Crippen molar-refractivity contribution in [1.29, 1.82) is 0 Å². The molecule has 0 radical (unpaired) electrons. The third-order valence-corrected chi connectivity index (χ3v) is 2.05. The Morgan fingerprint density at radius 1 is 1.64 bits per heavy atom. The molecule has 60 valence electrons. The predicted molar refractivity (Wildman–Crippen MR) is 49.6 cm³/mol. The molecule has 3 nitrogen and oxygen atoms in total. The third kappa shape index (κ3) is 1.55. The fraction of sp³-hybridized carbons (Fsp3) is 0.286. The summed E-state index contributed by atoms with van der Waals surface area (Å²) in [4.78, 5) is 11.0. The summed E-state index contributed by atoms with van der Waals surface area (Å²) in [6.07, 6.45) is 0. The minimum absolute atomic E-state index is 0.304. The Kier molecular flexibility index (Phi) is 2.53. The molecule has 0 aliphatic rings. The van der Waals surface area contributed by atoms with Crippen LogP contribution >= 0.6 is 23.0 Å². The van der Waals surface area contributed by atoms with Crippen molar-refractivity contribution >= 4 is 29.0 Å². The van der Waals surface area contributed by atoms with Crippen molar-refractivity contribution in [2.24, 2.45) is 7.05 Å². The number of hydrogen-bond acceptors (Lipinski definition) is 2. The Bertz CT molecular complexity index is 280. The van der Waals surface area contributed by atoms with Gasteiger partial charge >= 0.3 is 5.97 Å². The minimum Gasteiger partial charge on any atom is -0.390 e. The predicted octanol–water partition coefficient (Wildman–Crippen LogP) is 1.84. The van der Waals surface area contributed by atoms with Crippen LogP contribution in [0.5, 0.6) is 0 Å². The number of nitrogens with zero attached hydrogens (tertiary/aromatic N) is 1. The zero-order valence-corrected chi connectivity index (χ0v) is 8.45. The monoisotopic (exact) mass is 265 g/mol. The fourth-order valence-corrected chi connectivity index (χ4v) is 1.08. The molecule has 0 saturated carbocycles. The first-order chi connectivity index (χ1) is 5.16. The van der Waals surface area contributed by atoms with E-state index in [-0.39, 0.29) is 5.97 Å². The van der Waals surface area contributed by atoms with Crippen LogP contribution in [0.3, 0.4) is 0 Å². The van der Waals surface area contributed by atoms with E-state index in [1.807, 2.05) is 20.0 Å². The first kappa shape index (κ1) is 8.58. The second-order valence-electron chi connectivity index (χ2n) is 2.28. The summed E-state index contributed by atoms with van der Waals surface area (Å²) < 4.78 is 6.33. The summed E-state index contributed by atoms with van der Waals surface area (Å²) in [5, 5.41) is 0. The molecule has 0 N–H and O–H groups in total. The highest BCUT2D eigenvalue weighted by atomic mass is 127. The molecule has 1 aromatic heterocycles. The molecule has 1 heterocycles. The number of hydrogen-bond donors (Lipinski definition) is 0. The first-order valence-corrected chi connectivity index (χ1v) is 4.00. The van der Waals surface area contributed by atoms with Crippen LogP contribution < -0.4 is 0 Å².